The van der Waals surface area contributed by atoms with Gasteiger partial charge in [-0.05, 0) is 86.6 Å². The minimum absolute atomic E-state index is 0.143. The van der Waals surface area contributed by atoms with Gasteiger partial charge in [-0.1, -0.05) is 26.0 Å². The Morgan fingerprint density at radius 2 is 1.58 bits per heavy atom. The average molecular weight is 447 g/mol. The summed E-state index contributed by atoms with van der Waals surface area (Å²) in [5, 5.41) is 2.97. The van der Waals surface area contributed by atoms with Gasteiger partial charge in [0.15, 0.2) is 6.61 Å². The van der Waals surface area contributed by atoms with Crippen LogP contribution in [0.3, 0.4) is 0 Å². The molecule has 0 spiro atoms. The number of hydrogen-bond acceptors (Lipinski definition) is 4. The Balaban J connectivity index is 2.00. The second kappa shape index (κ2) is 10.3. The lowest BCUT2D eigenvalue weighted by Crippen LogP contribution is -2.31. The summed E-state index contributed by atoms with van der Waals surface area (Å²) < 4.78 is 33.0. The number of benzene rings is 2. The largest absolute Gasteiger partial charge is 0.484 e. The first-order valence-electron chi connectivity index (χ1n) is 10.5. The van der Waals surface area contributed by atoms with Crippen molar-refractivity contribution in [2.75, 3.05) is 13.2 Å². The molecule has 0 fully saturated rings. The zero-order valence-electron chi connectivity index (χ0n) is 19.5. The Bertz CT molecular complexity index is 1050. The third-order valence-electron chi connectivity index (χ3n) is 5.22. The van der Waals surface area contributed by atoms with E-state index in [9.17, 15) is 13.2 Å². The molecule has 0 bridgehead atoms. The Labute approximate surface area is 186 Å². The second-order valence-electron chi connectivity index (χ2n) is 8.54. The van der Waals surface area contributed by atoms with Crippen LogP contribution in [0, 0.1) is 33.6 Å². The first-order chi connectivity index (χ1) is 14.4. The van der Waals surface area contributed by atoms with Gasteiger partial charge in [-0.2, -0.15) is 0 Å². The predicted octanol–water partition coefficient (Wildman–Crippen LogP) is 4.11. The highest BCUT2D eigenvalue weighted by Crippen LogP contribution is 2.23. The van der Waals surface area contributed by atoms with Crippen LogP contribution in [0.25, 0.3) is 0 Å². The van der Waals surface area contributed by atoms with Gasteiger partial charge in [-0.3, -0.25) is 4.79 Å². The van der Waals surface area contributed by atoms with Crippen molar-refractivity contribution in [3.05, 3.63) is 58.1 Å². The first kappa shape index (κ1) is 24.9. The van der Waals surface area contributed by atoms with Crippen molar-refractivity contribution in [2.24, 2.45) is 5.92 Å². The van der Waals surface area contributed by atoms with E-state index >= 15 is 0 Å². The van der Waals surface area contributed by atoms with Gasteiger partial charge >= 0.3 is 0 Å². The molecule has 0 heterocycles. The van der Waals surface area contributed by atoms with E-state index in [0.717, 1.165) is 11.1 Å². The minimum Gasteiger partial charge on any atom is -0.484 e. The van der Waals surface area contributed by atoms with Crippen molar-refractivity contribution in [3.8, 4) is 5.75 Å². The summed E-state index contributed by atoms with van der Waals surface area (Å²) in [5.41, 5.74) is 5.28. The van der Waals surface area contributed by atoms with Gasteiger partial charge in [-0.15, -0.1) is 0 Å². The van der Waals surface area contributed by atoms with Gasteiger partial charge in [-0.25, -0.2) is 13.1 Å². The molecule has 0 saturated carbocycles. The number of sulfonamides is 1. The van der Waals surface area contributed by atoms with Crippen LogP contribution >= 0.6 is 0 Å². The highest BCUT2D eigenvalue weighted by molar-refractivity contribution is 7.89. The maximum absolute atomic E-state index is 12.4. The van der Waals surface area contributed by atoms with Crippen molar-refractivity contribution in [2.45, 2.75) is 59.4 Å². The van der Waals surface area contributed by atoms with Gasteiger partial charge in [0.05, 0.1) is 10.9 Å². The molecule has 2 aromatic rings. The monoisotopic (exact) mass is 446 g/mol. The number of carbonyl (C=O) groups is 1. The quantitative estimate of drug-likeness (QED) is 0.607. The topological polar surface area (TPSA) is 84.5 Å². The van der Waals surface area contributed by atoms with Crippen LogP contribution in [-0.4, -0.2) is 27.5 Å². The van der Waals surface area contributed by atoms with Crippen LogP contribution in [0.5, 0.6) is 5.75 Å². The Hall–Kier alpha value is -2.38. The fourth-order valence-corrected chi connectivity index (χ4v) is 4.56. The zero-order chi connectivity index (χ0) is 23.3. The molecule has 0 aliphatic rings. The van der Waals surface area contributed by atoms with Crippen LogP contribution in [0.4, 0.5) is 0 Å². The highest BCUT2D eigenvalue weighted by Gasteiger charge is 2.17. The molecule has 2 N–H and O–H groups in total. The molecular weight excluding hydrogens is 412 g/mol. The van der Waals surface area contributed by atoms with Gasteiger partial charge < -0.3 is 10.1 Å². The van der Waals surface area contributed by atoms with Gasteiger partial charge in [0.2, 0.25) is 10.0 Å². The fourth-order valence-electron chi connectivity index (χ4n) is 3.26. The fraction of sp³-hybridized carbons (Fsp3) is 0.458. The summed E-state index contributed by atoms with van der Waals surface area (Å²) in [6, 6.07) is 8.71. The molecule has 2 aromatic carbocycles. The van der Waals surface area contributed by atoms with Crippen LogP contribution in [0.15, 0.2) is 35.2 Å². The molecule has 0 aliphatic carbocycles. The summed E-state index contributed by atoms with van der Waals surface area (Å²) in [4.78, 5) is 12.6. The van der Waals surface area contributed by atoms with Crippen LogP contribution < -0.4 is 14.8 Å². The van der Waals surface area contributed by atoms with Crippen molar-refractivity contribution < 1.29 is 17.9 Å². The number of aryl methyl sites for hydroxylation is 4. The number of carbonyl (C=O) groups excluding carboxylic acids is 1. The van der Waals surface area contributed by atoms with Gasteiger partial charge in [0.1, 0.15) is 5.75 Å². The second-order valence-corrected chi connectivity index (χ2v) is 10.3. The number of hydrogen-bond donors (Lipinski definition) is 2. The molecule has 1 amide bonds. The highest BCUT2D eigenvalue weighted by atomic mass is 32.2. The number of ether oxygens (including phenoxy) is 1. The molecule has 0 aromatic heterocycles. The van der Waals surface area contributed by atoms with Crippen LogP contribution in [0.1, 0.15) is 54.6 Å². The molecule has 1 atom stereocenters. The molecule has 7 heteroatoms. The van der Waals surface area contributed by atoms with Crippen molar-refractivity contribution in [1.82, 2.24) is 10.0 Å². The predicted molar refractivity (Wildman–Crippen MR) is 124 cm³/mol. The molecular formula is C24H34N2O4S. The zero-order valence-corrected chi connectivity index (χ0v) is 20.3. The molecule has 1 unspecified atom stereocenters. The molecule has 170 valence electrons. The van der Waals surface area contributed by atoms with Gasteiger partial charge in [0.25, 0.3) is 5.91 Å². The van der Waals surface area contributed by atoms with Gasteiger partial charge in [0, 0.05) is 6.54 Å². The van der Waals surface area contributed by atoms with E-state index in [1.807, 2.05) is 27.7 Å². The summed E-state index contributed by atoms with van der Waals surface area (Å²) in [7, 11) is -3.57. The van der Waals surface area contributed by atoms with Crippen molar-refractivity contribution in [3.63, 3.8) is 0 Å². The maximum Gasteiger partial charge on any atom is 0.258 e. The maximum atomic E-state index is 12.4. The molecule has 0 aliphatic heterocycles. The molecule has 0 saturated heterocycles. The number of nitrogens with one attached hydrogen (secondary N) is 2. The normalized spacial score (nSPS) is 12.6. The smallest absolute Gasteiger partial charge is 0.258 e. The van der Waals surface area contributed by atoms with E-state index in [4.69, 9.17) is 4.74 Å². The number of rotatable bonds is 9. The average Bonchev–Trinajstić information content (AvgIpc) is 2.68. The summed E-state index contributed by atoms with van der Waals surface area (Å²) in [6.45, 7) is 14.0. The van der Waals surface area contributed by atoms with Crippen LogP contribution in [0.2, 0.25) is 0 Å². The lowest BCUT2D eigenvalue weighted by atomic mass is 9.96. The Kier molecular flexibility index (Phi) is 8.26. The summed E-state index contributed by atoms with van der Waals surface area (Å²) in [6.07, 6.45) is 0. The van der Waals surface area contributed by atoms with E-state index in [0.29, 0.717) is 17.9 Å². The lowest BCUT2D eigenvalue weighted by molar-refractivity contribution is -0.123. The van der Waals surface area contributed by atoms with Crippen molar-refractivity contribution in [1.29, 1.82) is 0 Å². The first-order valence-corrected chi connectivity index (χ1v) is 12.0. The summed E-state index contributed by atoms with van der Waals surface area (Å²) >= 11 is 0. The Morgan fingerprint density at radius 3 is 2.19 bits per heavy atom. The third kappa shape index (κ3) is 6.80. The summed E-state index contributed by atoms with van der Waals surface area (Å²) in [5.74, 6) is 0.458. The SMILES string of the molecule is Cc1cc(C)c(C(C)NC(=O)COc2ccc(S(=O)(=O)NCC(C)C)cc2C)cc1C. The standard InChI is InChI=1S/C24H34N2O4S/c1-15(2)13-25-31(28,29)21-8-9-23(19(6)11-21)30-14-24(27)26-20(7)22-12-17(4)16(3)10-18(22)5/h8-12,15,20,25H,13-14H2,1-7H3,(H,26,27). The van der Waals surface area contributed by atoms with E-state index < -0.39 is 10.0 Å². The molecule has 0 radical (unpaired) electrons. The minimum atomic E-state index is -3.57. The number of amides is 1. The third-order valence-corrected chi connectivity index (χ3v) is 6.64. The van der Waals surface area contributed by atoms with E-state index in [1.165, 1.54) is 17.2 Å². The van der Waals surface area contributed by atoms with E-state index in [1.54, 1.807) is 19.1 Å². The molecule has 6 nitrogen and oxygen atoms in total. The van der Waals surface area contributed by atoms with E-state index in [-0.39, 0.29) is 29.4 Å². The van der Waals surface area contributed by atoms with E-state index in [2.05, 4.69) is 36.0 Å². The molecule has 2 rings (SSSR count). The molecule has 31 heavy (non-hydrogen) atoms. The lowest BCUT2D eigenvalue weighted by Gasteiger charge is -2.19. The van der Waals surface area contributed by atoms with Crippen LogP contribution in [-0.2, 0) is 14.8 Å². The van der Waals surface area contributed by atoms with Crippen molar-refractivity contribution >= 4 is 15.9 Å². The Morgan fingerprint density at radius 1 is 0.935 bits per heavy atom.